The zero-order valence-corrected chi connectivity index (χ0v) is 17.2. The Morgan fingerprint density at radius 1 is 1.18 bits per heavy atom. The predicted molar refractivity (Wildman–Crippen MR) is 110 cm³/mol. The molecule has 6 nitrogen and oxygen atoms in total. The molecular weight excluding hydrogens is 350 g/mol. The number of fused-ring (bicyclic) bond motifs is 1. The monoisotopic (exact) mass is 379 g/mol. The van der Waals surface area contributed by atoms with Crippen molar-refractivity contribution in [2.24, 2.45) is 0 Å². The van der Waals surface area contributed by atoms with E-state index in [4.69, 9.17) is 4.98 Å². The van der Waals surface area contributed by atoms with Gasteiger partial charge in [-0.25, -0.2) is 4.98 Å². The van der Waals surface area contributed by atoms with Crippen LogP contribution in [0.4, 0.5) is 0 Å². The van der Waals surface area contributed by atoms with Gasteiger partial charge in [0, 0.05) is 18.7 Å². The first kappa shape index (κ1) is 18.7. The van der Waals surface area contributed by atoms with Crippen molar-refractivity contribution in [3.05, 3.63) is 46.0 Å². The number of piperidine rings is 1. The molecule has 28 heavy (non-hydrogen) atoms. The summed E-state index contributed by atoms with van der Waals surface area (Å²) in [5.41, 5.74) is 7.75. The van der Waals surface area contributed by atoms with Crippen molar-refractivity contribution in [2.75, 3.05) is 6.54 Å². The molecule has 0 spiro atoms. The molecule has 1 aliphatic heterocycles. The summed E-state index contributed by atoms with van der Waals surface area (Å²) in [7, 11) is 0. The van der Waals surface area contributed by atoms with Crippen LogP contribution in [0.1, 0.15) is 65.6 Å². The Bertz CT molecular complexity index is 957. The Hall–Kier alpha value is -2.63. The minimum Gasteiger partial charge on any atom is -0.340 e. The number of imidazole rings is 1. The lowest BCUT2D eigenvalue weighted by molar-refractivity contribution is -0.135. The van der Waals surface area contributed by atoms with Crippen LogP contribution in [0.2, 0.25) is 0 Å². The molecule has 1 amide bonds. The van der Waals surface area contributed by atoms with Crippen molar-refractivity contribution in [1.29, 1.82) is 0 Å². The van der Waals surface area contributed by atoms with Crippen LogP contribution in [-0.2, 0) is 11.2 Å². The molecule has 1 aromatic carbocycles. The number of benzene rings is 1. The molecule has 0 aliphatic carbocycles. The van der Waals surface area contributed by atoms with E-state index in [-0.39, 0.29) is 11.9 Å². The second kappa shape index (κ2) is 7.41. The Balaban J connectivity index is 1.55. The van der Waals surface area contributed by atoms with Gasteiger partial charge in [-0.15, -0.1) is 0 Å². The number of H-pyrrole nitrogens is 2. The van der Waals surface area contributed by atoms with Gasteiger partial charge in [-0.05, 0) is 82.2 Å². The molecular formula is C22H29N5O. The minimum absolute atomic E-state index is 0.0424. The lowest BCUT2D eigenvalue weighted by atomic mass is 10.00. The third-order valence-electron chi connectivity index (χ3n) is 6.12. The maximum Gasteiger partial charge on any atom is 0.223 e. The SMILES string of the molecule is Cc1cc2nc([C@H]3CCCCN3C(=O)CCc3c(C)n[nH]c3C)[nH]c2cc1C. The summed E-state index contributed by atoms with van der Waals surface area (Å²) in [6.45, 7) is 9.04. The van der Waals surface area contributed by atoms with Gasteiger partial charge in [0.05, 0.1) is 22.8 Å². The van der Waals surface area contributed by atoms with E-state index in [1.807, 2.05) is 18.7 Å². The average molecular weight is 380 g/mol. The summed E-state index contributed by atoms with van der Waals surface area (Å²) in [5, 5.41) is 7.25. The first-order valence-electron chi connectivity index (χ1n) is 10.2. The van der Waals surface area contributed by atoms with E-state index in [0.29, 0.717) is 6.42 Å². The van der Waals surface area contributed by atoms with E-state index in [1.165, 1.54) is 11.1 Å². The van der Waals surface area contributed by atoms with Crippen LogP contribution in [0.15, 0.2) is 12.1 Å². The number of hydrogen-bond donors (Lipinski definition) is 2. The molecule has 0 unspecified atom stereocenters. The maximum atomic E-state index is 13.1. The van der Waals surface area contributed by atoms with Crippen molar-refractivity contribution in [3.8, 4) is 0 Å². The van der Waals surface area contributed by atoms with Crippen molar-refractivity contribution < 1.29 is 4.79 Å². The van der Waals surface area contributed by atoms with Gasteiger partial charge in [0.1, 0.15) is 5.82 Å². The topological polar surface area (TPSA) is 77.7 Å². The van der Waals surface area contributed by atoms with E-state index in [2.05, 4.69) is 41.2 Å². The zero-order chi connectivity index (χ0) is 19.8. The Morgan fingerprint density at radius 2 is 1.96 bits per heavy atom. The van der Waals surface area contributed by atoms with Gasteiger partial charge in [0.2, 0.25) is 5.91 Å². The van der Waals surface area contributed by atoms with Crippen LogP contribution in [0, 0.1) is 27.7 Å². The second-order valence-corrected chi connectivity index (χ2v) is 8.09. The van der Waals surface area contributed by atoms with Gasteiger partial charge in [-0.2, -0.15) is 5.10 Å². The standard InChI is InChI=1S/C22H29N5O/c1-13-11-18-19(12-14(13)2)24-22(23-18)20-7-5-6-10-27(20)21(28)9-8-17-15(3)25-26-16(17)4/h11-12,20H,5-10H2,1-4H3,(H,23,24)(H,25,26)/t20-/m1/s1. The lowest BCUT2D eigenvalue weighted by Crippen LogP contribution is -2.39. The van der Waals surface area contributed by atoms with Crippen molar-refractivity contribution in [2.45, 2.75) is 65.8 Å². The fraction of sp³-hybridized carbons (Fsp3) is 0.500. The summed E-state index contributed by atoms with van der Waals surface area (Å²) >= 11 is 0. The normalized spacial score (nSPS) is 17.4. The molecule has 1 aliphatic rings. The molecule has 0 radical (unpaired) electrons. The number of nitrogens with zero attached hydrogens (tertiary/aromatic N) is 3. The highest BCUT2D eigenvalue weighted by molar-refractivity contribution is 5.79. The number of carbonyl (C=O) groups is 1. The zero-order valence-electron chi connectivity index (χ0n) is 17.2. The minimum atomic E-state index is 0.0424. The van der Waals surface area contributed by atoms with Crippen LogP contribution in [-0.4, -0.2) is 37.5 Å². The molecule has 0 bridgehead atoms. The molecule has 6 heteroatoms. The van der Waals surface area contributed by atoms with E-state index >= 15 is 0 Å². The molecule has 1 fully saturated rings. The van der Waals surface area contributed by atoms with Gasteiger partial charge < -0.3 is 9.88 Å². The number of rotatable bonds is 4. The van der Waals surface area contributed by atoms with Crippen molar-refractivity contribution in [3.63, 3.8) is 0 Å². The number of hydrogen-bond acceptors (Lipinski definition) is 3. The summed E-state index contributed by atoms with van der Waals surface area (Å²) in [4.78, 5) is 23.4. The van der Waals surface area contributed by atoms with Crippen LogP contribution >= 0.6 is 0 Å². The van der Waals surface area contributed by atoms with Crippen LogP contribution in [0.5, 0.6) is 0 Å². The predicted octanol–water partition coefficient (Wildman–Crippen LogP) is 4.21. The number of carbonyl (C=O) groups excluding carboxylic acids is 1. The Labute approximate surface area is 165 Å². The maximum absolute atomic E-state index is 13.1. The summed E-state index contributed by atoms with van der Waals surface area (Å²) < 4.78 is 0. The number of amides is 1. The number of aromatic amines is 2. The van der Waals surface area contributed by atoms with Crippen LogP contribution in [0.3, 0.4) is 0 Å². The van der Waals surface area contributed by atoms with Gasteiger partial charge >= 0.3 is 0 Å². The number of nitrogens with one attached hydrogen (secondary N) is 2. The molecule has 3 aromatic rings. The van der Waals surface area contributed by atoms with E-state index in [9.17, 15) is 4.79 Å². The molecule has 4 rings (SSSR count). The quantitative estimate of drug-likeness (QED) is 0.713. The van der Waals surface area contributed by atoms with Gasteiger partial charge in [0.15, 0.2) is 0 Å². The van der Waals surface area contributed by atoms with Gasteiger partial charge in [-0.1, -0.05) is 0 Å². The lowest BCUT2D eigenvalue weighted by Gasteiger charge is -2.34. The number of likely N-dealkylation sites (tertiary alicyclic amines) is 1. The van der Waals surface area contributed by atoms with Gasteiger partial charge in [0.25, 0.3) is 0 Å². The first-order valence-corrected chi connectivity index (χ1v) is 10.2. The third-order valence-corrected chi connectivity index (χ3v) is 6.12. The highest BCUT2D eigenvalue weighted by Crippen LogP contribution is 2.32. The number of aryl methyl sites for hydroxylation is 4. The van der Waals surface area contributed by atoms with Crippen molar-refractivity contribution in [1.82, 2.24) is 25.1 Å². The van der Waals surface area contributed by atoms with Crippen molar-refractivity contribution >= 4 is 16.9 Å². The van der Waals surface area contributed by atoms with Crippen LogP contribution in [0.25, 0.3) is 11.0 Å². The molecule has 148 valence electrons. The molecule has 1 saturated heterocycles. The second-order valence-electron chi connectivity index (χ2n) is 8.09. The van der Waals surface area contributed by atoms with Gasteiger partial charge in [-0.3, -0.25) is 9.89 Å². The summed E-state index contributed by atoms with van der Waals surface area (Å²) in [6, 6.07) is 4.32. The Morgan fingerprint density at radius 3 is 2.71 bits per heavy atom. The first-order chi connectivity index (χ1) is 13.4. The van der Waals surface area contributed by atoms with E-state index in [1.54, 1.807) is 0 Å². The highest BCUT2D eigenvalue weighted by atomic mass is 16.2. The smallest absolute Gasteiger partial charge is 0.223 e. The highest BCUT2D eigenvalue weighted by Gasteiger charge is 2.30. The number of aromatic nitrogens is 4. The van der Waals surface area contributed by atoms with E-state index < -0.39 is 0 Å². The van der Waals surface area contributed by atoms with Crippen LogP contribution < -0.4 is 0 Å². The molecule has 0 saturated carbocycles. The Kier molecular flexibility index (Phi) is 4.96. The third kappa shape index (κ3) is 3.43. The molecule has 2 N–H and O–H groups in total. The van der Waals surface area contributed by atoms with E-state index in [0.717, 1.165) is 66.0 Å². The fourth-order valence-electron chi connectivity index (χ4n) is 4.28. The largest absolute Gasteiger partial charge is 0.340 e. The molecule has 1 atom stereocenters. The molecule has 3 heterocycles. The summed E-state index contributed by atoms with van der Waals surface area (Å²) in [6.07, 6.45) is 4.39. The fourth-order valence-corrected chi connectivity index (χ4v) is 4.28. The molecule has 2 aromatic heterocycles. The summed E-state index contributed by atoms with van der Waals surface area (Å²) in [5.74, 6) is 1.13. The average Bonchev–Trinajstić information content (AvgIpc) is 3.23.